The first-order valence-corrected chi connectivity index (χ1v) is 9.73. The molecule has 0 spiro atoms. The third-order valence-corrected chi connectivity index (χ3v) is 5.40. The molecule has 0 fully saturated rings. The van der Waals surface area contributed by atoms with Crippen molar-refractivity contribution in [2.75, 3.05) is 25.6 Å². The highest BCUT2D eigenvalue weighted by atomic mass is 32.2. The minimum absolute atomic E-state index is 0.329. The SMILES string of the molecule is COc1cc2c(Cc3ccc(N(C)S(N)(=O)=O)cc3)n[nH]c(=O)c2cc1OC. The van der Waals surface area contributed by atoms with Crippen LogP contribution >= 0.6 is 0 Å². The number of fused-ring (bicyclic) bond motifs is 1. The topological polar surface area (TPSA) is 128 Å². The van der Waals surface area contributed by atoms with Crippen molar-refractivity contribution in [1.29, 1.82) is 0 Å². The van der Waals surface area contributed by atoms with Gasteiger partial charge < -0.3 is 9.47 Å². The predicted molar refractivity (Wildman–Crippen MR) is 106 cm³/mol. The van der Waals surface area contributed by atoms with Crippen LogP contribution in [0.25, 0.3) is 10.8 Å². The molecule has 0 radical (unpaired) electrons. The molecule has 2 aromatic carbocycles. The van der Waals surface area contributed by atoms with Crippen LogP contribution in [0.1, 0.15) is 11.3 Å². The summed E-state index contributed by atoms with van der Waals surface area (Å²) in [5.74, 6) is 0.946. The van der Waals surface area contributed by atoms with Crippen molar-refractivity contribution in [3.05, 3.63) is 58.0 Å². The fraction of sp³-hybridized carbons (Fsp3) is 0.222. The molecule has 28 heavy (non-hydrogen) atoms. The number of hydrogen-bond donors (Lipinski definition) is 2. The first kappa shape index (κ1) is 19.6. The highest BCUT2D eigenvalue weighted by molar-refractivity contribution is 7.90. The Labute approximate surface area is 161 Å². The van der Waals surface area contributed by atoms with E-state index in [-0.39, 0.29) is 5.56 Å². The van der Waals surface area contributed by atoms with Crippen molar-refractivity contribution < 1.29 is 17.9 Å². The molecule has 3 aromatic rings. The second kappa shape index (κ2) is 7.49. The first-order valence-electron chi connectivity index (χ1n) is 8.23. The van der Waals surface area contributed by atoms with Crippen LogP contribution in [-0.4, -0.2) is 39.9 Å². The number of nitrogens with zero attached hydrogens (tertiary/aromatic N) is 2. The van der Waals surface area contributed by atoms with Crippen molar-refractivity contribution in [3.8, 4) is 11.5 Å². The quantitative estimate of drug-likeness (QED) is 0.635. The van der Waals surface area contributed by atoms with Crippen LogP contribution in [0.4, 0.5) is 5.69 Å². The Bertz CT molecular complexity index is 1170. The van der Waals surface area contributed by atoms with E-state index in [1.54, 1.807) is 36.4 Å². The lowest BCUT2D eigenvalue weighted by atomic mass is 10.0. The summed E-state index contributed by atoms with van der Waals surface area (Å²) in [5, 5.41) is 12.9. The van der Waals surface area contributed by atoms with E-state index in [0.717, 1.165) is 9.87 Å². The van der Waals surface area contributed by atoms with E-state index in [1.165, 1.54) is 21.3 Å². The lowest BCUT2D eigenvalue weighted by Gasteiger charge is -2.16. The van der Waals surface area contributed by atoms with Gasteiger partial charge in [0.1, 0.15) is 0 Å². The van der Waals surface area contributed by atoms with Gasteiger partial charge in [-0.05, 0) is 29.8 Å². The van der Waals surface area contributed by atoms with Crippen molar-refractivity contribution in [1.82, 2.24) is 10.2 Å². The fourth-order valence-corrected chi connectivity index (χ4v) is 3.26. The zero-order chi connectivity index (χ0) is 20.5. The minimum atomic E-state index is -3.82. The van der Waals surface area contributed by atoms with Crippen LogP contribution in [0.3, 0.4) is 0 Å². The summed E-state index contributed by atoms with van der Waals surface area (Å²) in [6, 6.07) is 10.2. The molecule has 148 valence electrons. The highest BCUT2D eigenvalue weighted by Gasteiger charge is 2.15. The lowest BCUT2D eigenvalue weighted by Crippen LogP contribution is -2.33. The van der Waals surface area contributed by atoms with Crippen LogP contribution in [-0.2, 0) is 16.6 Å². The molecule has 0 unspecified atom stereocenters. The number of aromatic nitrogens is 2. The van der Waals surface area contributed by atoms with Gasteiger partial charge in [-0.25, -0.2) is 10.2 Å². The maximum atomic E-state index is 12.2. The van der Waals surface area contributed by atoms with Crippen LogP contribution in [0.2, 0.25) is 0 Å². The van der Waals surface area contributed by atoms with E-state index < -0.39 is 10.2 Å². The van der Waals surface area contributed by atoms with Gasteiger partial charge in [-0.2, -0.15) is 13.5 Å². The molecule has 3 N–H and O–H groups in total. The average Bonchev–Trinajstić information content (AvgIpc) is 2.68. The number of aromatic amines is 1. The van der Waals surface area contributed by atoms with Crippen LogP contribution in [0.15, 0.2) is 41.2 Å². The molecule has 1 aromatic heterocycles. The standard InChI is InChI=1S/C18H20N4O5S/c1-22(28(19,24)25)12-6-4-11(5-7-12)8-15-13-9-16(26-2)17(27-3)10-14(13)18(23)21-20-15/h4-7,9-10H,8H2,1-3H3,(H,21,23)(H2,19,24,25). The first-order chi connectivity index (χ1) is 13.2. The summed E-state index contributed by atoms with van der Waals surface area (Å²) in [6.07, 6.45) is 0.419. The Balaban J connectivity index is 2.01. The van der Waals surface area contributed by atoms with Gasteiger partial charge in [0.2, 0.25) is 0 Å². The number of anilines is 1. The van der Waals surface area contributed by atoms with E-state index in [4.69, 9.17) is 14.6 Å². The van der Waals surface area contributed by atoms with Crippen molar-refractivity contribution in [2.45, 2.75) is 6.42 Å². The minimum Gasteiger partial charge on any atom is -0.493 e. The summed E-state index contributed by atoms with van der Waals surface area (Å²) >= 11 is 0. The average molecular weight is 404 g/mol. The lowest BCUT2D eigenvalue weighted by molar-refractivity contribution is 0.356. The van der Waals surface area contributed by atoms with Gasteiger partial charge in [-0.1, -0.05) is 12.1 Å². The molecule has 0 aliphatic rings. The van der Waals surface area contributed by atoms with E-state index in [0.29, 0.717) is 40.1 Å². The van der Waals surface area contributed by atoms with E-state index in [2.05, 4.69) is 10.2 Å². The Morgan fingerprint density at radius 3 is 2.18 bits per heavy atom. The Morgan fingerprint density at radius 2 is 1.64 bits per heavy atom. The Hall–Kier alpha value is -3.11. The normalized spacial score (nSPS) is 11.4. The second-order valence-electron chi connectivity index (χ2n) is 6.11. The molecule has 3 rings (SSSR count). The number of hydrogen-bond acceptors (Lipinski definition) is 6. The van der Waals surface area contributed by atoms with Crippen molar-refractivity contribution >= 4 is 26.7 Å². The van der Waals surface area contributed by atoms with Gasteiger partial charge in [0.05, 0.1) is 31.0 Å². The zero-order valence-electron chi connectivity index (χ0n) is 15.6. The molecule has 0 bridgehead atoms. The van der Waals surface area contributed by atoms with E-state index in [9.17, 15) is 13.2 Å². The smallest absolute Gasteiger partial charge is 0.298 e. The predicted octanol–water partition coefficient (Wildman–Crippen LogP) is 1.17. The monoisotopic (exact) mass is 404 g/mol. The zero-order valence-corrected chi connectivity index (χ0v) is 16.4. The number of benzene rings is 2. The maximum absolute atomic E-state index is 12.2. The molecular weight excluding hydrogens is 384 g/mol. The maximum Gasteiger partial charge on any atom is 0.298 e. The van der Waals surface area contributed by atoms with Crippen molar-refractivity contribution in [2.24, 2.45) is 5.14 Å². The van der Waals surface area contributed by atoms with Crippen molar-refractivity contribution in [3.63, 3.8) is 0 Å². The van der Waals surface area contributed by atoms with Gasteiger partial charge in [-0.3, -0.25) is 9.10 Å². The molecule has 0 amide bonds. The highest BCUT2D eigenvalue weighted by Crippen LogP contribution is 2.32. The third kappa shape index (κ3) is 3.78. The summed E-state index contributed by atoms with van der Waals surface area (Å²) in [6.45, 7) is 0. The van der Waals surface area contributed by atoms with Crippen LogP contribution in [0, 0.1) is 0 Å². The Morgan fingerprint density at radius 1 is 1.07 bits per heavy atom. The number of methoxy groups -OCH3 is 2. The Kier molecular flexibility index (Phi) is 5.25. The largest absolute Gasteiger partial charge is 0.493 e. The number of H-pyrrole nitrogens is 1. The van der Waals surface area contributed by atoms with Gasteiger partial charge in [0, 0.05) is 18.9 Å². The van der Waals surface area contributed by atoms with Gasteiger partial charge >= 0.3 is 0 Å². The summed E-state index contributed by atoms with van der Waals surface area (Å²) in [7, 11) is 0.575. The molecule has 0 aliphatic carbocycles. The number of nitrogens with one attached hydrogen (secondary N) is 1. The van der Waals surface area contributed by atoms with Crippen LogP contribution < -0.4 is 24.5 Å². The number of rotatable bonds is 6. The molecule has 9 nitrogen and oxygen atoms in total. The molecule has 1 heterocycles. The van der Waals surface area contributed by atoms with Gasteiger partial charge in [0.25, 0.3) is 15.8 Å². The molecular formula is C18H20N4O5S. The van der Waals surface area contributed by atoms with E-state index in [1.807, 2.05) is 0 Å². The van der Waals surface area contributed by atoms with Gasteiger partial charge in [-0.15, -0.1) is 0 Å². The molecule has 0 saturated heterocycles. The fourth-order valence-electron chi connectivity index (χ4n) is 2.84. The van der Waals surface area contributed by atoms with Gasteiger partial charge in [0.15, 0.2) is 11.5 Å². The second-order valence-corrected chi connectivity index (χ2v) is 7.69. The summed E-state index contributed by atoms with van der Waals surface area (Å²) < 4.78 is 34.4. The van der Waals surface area contributed by atoms with Crippen LogP contribution in [0.5, 0.6) is 11.5 Å². The summed E-state index contributed by atoms with van der Waals surface area (Å²) in [4.78, 5) is 12.2. The third-order valence-electron chi connectivity index (χ3n) is 4.42. The summed E-state index contributed by atoms with van der Waals surface area (Å²) in [5.41, 5.74) is 1.63. The molecule has 0 atom stereocenters. The number of ether oxygens (including phenoxy) is 2. The number of nitrogens with two attached hydrogens (primary N) is 1. The molecule has 0 saturated carbocycles. The van der Waals surface area contributed by atoms with E-state index >= 15 is 0 Å². The molecule has 10 heteroatoms. The molecule has 0 aliphatic heterocycles.